The molecule has 0 fully saturated rings. The van der Waals surface area contributed by atoms with Crippen molar-refractivity contribution in [2.75, 3.05) is 12.3 Å². The first-order valence-electron chi connectivity index (χ1n) is 7.68. The molecule has 1 rings (SSSR count). The molecule has 1 N–H and O–H groups in total. The van der Waals surface area contributed by atoms with Crippen LogP contribution in [0.2, 0.25) is 0 Å². The van der Waals surface area contributed by atoms with Crippen molar-refractivity contribution in [1.82, 2.24) is 5.32 Å². The highest BCUT2D eigenvalue weighted by atomic mass is 32.2. The molecule has 1 aromatic carbocycles. The summed E-state index contributed by atoms with van der Waals surface area (Å²) in [7, 11) is -0.921. The molecule has 0 saturated heterocycles. The second kappa shape index (κ2) is 8.58. The SMILES string of the molecule is CCCNC(CS(=O)c1ccc(C)cc1C)C(C)CC. The van der Waals surface area contributed by atoms with Gasteiger partial charge in [-0.1, -0.05) is 44.9 Å². The number of nitrogens with one attached hydrogen (secondary N) is 1. The molecule has 3 unspecified atom stereocenters. The van der Waals surface area contributed by atoms with Crippen LogP contribution in [0.3, 0.4) is 0 Å². The molecule has 0 amide bonds. The van der Waals surface area contributed by atoms with E-state index < -0.39 is 10.8 Å². The summed E-state index contributed by atoms with van der Waals surface area (Å²) in [4.78, 5) is 0.988. The molecular formula is C17H29NOS. The van der Waals surface area contributed by atoms with E-state index in [0.717, 1.165) is 29.8 Å². The van der Waals surface area contributed by atoms with Crippen molar-refractivity contribution >= 4 is 10.8 Å². The minimum atomic E-state index is -0.921. The molecule has 2 nitrogen and oxygen atoms in total. The second-order valence-electron chi connectivity index (χ2n) is 5.73. The van der Waals surface area contributed by atoms with Crippen molar-refractivity contribution in [2.45, 2.75) is 58.4 Å². The molecule has 0 aliphatic heterocycles. The molecule has 0 saturated carbocycles. The minimum Gasteiger partial charge on any atom is -0.313 e. The van der Waals surface area contributed by atoms with Gasteiger partial charge in [-0.2, -0.15) is 0 Å². The van der Waals surface area contributed by atoms with Crippen molar-refractivity contribution in [3.05, 3.63) is 29.3 Å². The Hall–Kier alpha value is -0.670. The number of rotatable bonds is 8. The van der Waals surface area contributed by atoms with Gasteiger partial charge < -0.3 is 5.32 Å². The maximum absolute atomic E-state index is 12.6. The minimum absolute atomic E-state index is 0.335. The fourth-order valence-electron chi connectivity index (χ4n) is 2.35. The van der Waals surface area contributed by atoms with E-state index in [-0.39, 0.29) is 0 Å². The fraction of sp³-hybridized carbons (Fsp3) is 0.647. The van der Waals surface area contributed by atoms with Crippen LogP contribution in [-0.2, 0) is 10.8 Å². The van der Waals surface area contributed by atoms with Gasteiger partial charge in [-0.05, 0) is 44.4 Å². The molecule has 1 aromatic rings. The lowest BCUT2D eigenvalue weighted by atomic mass is 10.0. The first-order valence-corrected chi connectivity index (χ1v) is 9.00. The first-order chi connectivity index (χ1) is 9.49. The maximum Gasteiger partial charge on any atom is 0.0548 e. The predicted molar refractivity (Wildman–Crippen MR) is 88.7 cm³/mol. The average molecular weight is 295 g/mol. The van der Waals surface area contributed by atoms with Crippen molar-refractivity contribution in [1.29, 1.82) is 0 Å². The highest BCUT2D eigenvalue weighted by Crippen LogP contribution is 2.18. The zero-order valence-electron chi connectivity index (χ0n) is 13.5. The molecule has 3 atom stereocenters. The quantitative estimate of drug-likeness (QED) is 0.790. The molecule has 0 spiro atoms. The Morgan fingerprint density at radius 2 is 1.95 bits per heavy atom. The second-order valence-corrected chi connectivity index (χ2v) is 7.19. The molecule has 3 heteroatoms. The zero-order valence-corrected chi connectivity index (χ0v) is 14.3. The van der Waals surface area contributed by atoms with Gasteiger partial charge in [0.05, 0.1) is 10.8 Å². The van der Waals surface area contributed by atoms with Gasteiger partial charge in [-0.25, -0.2) is 0 Å². The number of hydrogen-bond acceptors (Lipinski definition) is 2. The lowest BCUT2D eigenvalue weighted by molar-refractivity contribution is 0.394. The van der Waals surface area contributed by atoms with E-state index in [1.54, 1.807) is 0 Å². The van der Waals surface area contributed by atoms with Crippen LogP contribution in [0.15, 0.2) is 23.1 Å². The Morgan fingerprint density at radius 3 is 2.50 bits per heavy atom. The summed E-state index contributed by atoms with van der Waals surface area (Å²) in [6.45, 7) is 11.7. The molecule has 0 bridgehead atoms. The Balaban J connectivity index is 2.78. The van der Waals surface area contributed by atoms with E-state index in [2.05, 4.69) is 52.1 Å². The van der Waals surface area contributed by atoms with E-state index in [4.69, 9.17) is 0 Å². The number of benzene rings is 1. The monoisotopic (exact) mass is 295 g/mol. The summed E-state index contributed by atoms with van der Waals surface area (Å²) in [6, 6.07) is 6.53. The lowest BCUT2D eigenvalue weighted by Crippen LogP contribution is -2.39. The van der Waals surface area contributed by atoms with Gasteiger partial charge in [0.1, 0.15) is 0 Å². The zero-order chi connectivity index (χ0) is 15.1. The molecule has 0 radical (unpaired) electrons. The molecule has 0 heterocycles. The van der Waals surface area contributed by atoms with Crippen molar-refractivity contribution in [2.24, 2.45) is 5.92 Å². The predicted octanol–water partition coefficient (Wildman–Crippen LogP) is 3.83. The van der Waals surface area contributed by atoms with E-state index in [0.29, 0.717) is 17.7 Å². The van der Waals surface area contributed by atoms with E-state index in [1.165, 1.54) is 5.56 Å². The van der Waals surface area contributed by atoms with Gasteiger partial charge in [0.25, 0.3) is 0 Å². The van der Waals surface area contributed by atoms with Crippen molar-refractivity contribution < 1.29 is 4.21 Å². The maximum atomic E-state index is 12.6. The van der Waals surface area contributed by atoms with E-state index in [9.17, 15) is 4.21 Å². The smallest absolute Gasteiger partial charge is 0.0548 e. The normalized spacial score (nSPS) is 15.8. The Morgan fingerprint density at radius 1 is 1.25 bits per heavy atom. The third-order valence-electron chi connectivity index (χ3n) is 3.89. The number of hydrogen-bond donors (Lipinski definition) is 1. The van der Waals surface area contributed by atoms with Gasteiger partial charge in [0.2, 0.25) is 0 Å². The van der Waals surface area contributed by atoms with E-state index >= 15 is 0 Å². The summed E-state index contributed by atoms with van der Waals surface area (Å²) in [5.41, 5.74) is 2.37. The lowest BCUT2D eigenvalue weighted by Gasteiger charge is -2.24. The average Bonchev–Trinajstić information content (AvgIpc) is 2.42. The van der Waals surface area contributed by atoms with Crippen LogP contribution in [0.1, 0.15) is 44.7 Å². The van der Waals surface area contributed by atoms with Gasteiger partial charge in [0, 0.05) is 16.7 Å². The molecular weight excluding hydrogens is 266 g/mol. The van der Waals surface area contributed by atoms with Gasteiger partial charge >= 0.3 is 0 Å². The van der Waals surface area contributed by atoms with Crippen molar-refractivity contribution in [3.63, 3.8) is 0 Å². The van der Waals surface area contributed by atoms with Crippen molar-refractivity contribution in [3.8, 4) is 0 Å². The van der Waals surface area contributed by atoms with Crippen LogP contribution >= 0.6 is 0 Å². The van der Waals surface area contributed by atoms with Gasteiger partial charge in [0.15, 0.2) is 0 Å². The summed E-state index contributed by atoms with van der Waals surface area (Å²) >= 11 is 0. The Labute approximate surface area is 126 Å². The van der Waals surface area contributed by atoms with Crippen LogP contribution in [0, 0.1) is 19.8 Å². The van der Waals surface area contributed by atoms with E-state index in [1.807, 2.05) is 6.07 Å². The summed E-state index contributed by atoms with van der Waals surface area (Å²) < 4.78 is 12.6. The van der Waals surface area contributed by atoms with Gasteiger partial charge in [-0.3, -0.25) is 4.21 Å². The highest BCUT2D eigenvalue weighted by molar-refractivity contribution is 7.85. The summed E-state index contributed by atoms with van der Waals surface area (Å²) in [6.07, 6.45) is 2.23. The molecule has 0 aliphatic rings. The molecule has 0 aliphatic carbocycles. The third-order valence-corrected chi connectivity index (χ3v) is 5.50. The fourth-order valence-corrected chi connectivity index (χ4v) is 3.94. The first kappa shape index (κ1) is 17.4. The third kappa shape index (κ3) is 5.02. The van der Waals surface area contributed by atoms with Crippen LogP contribution in [0.25, 0.3) is 0 Å². The van der Waals surface area contributed by atoms with Gasteiger partial charge in [-0.15, -0.1) is 0 Å². The largest absolute Gasteiger partial charge is 0.313 e. The topological polar surface area (TPSA) is 29.1 Å². The standard InChI is InChI=1S/C17H29NOS/c1-6-10-18-16(14(4)7-2)12-20(19)17-9-8-13(3)11-15(17)5/h8-9,11,14,16,18H,6-7,10,12H2,1-5H3. The molecule has 0 aromatic heterocycles. The molecule has 114 valence electrons. The molecule has 20 heavy (non-hydrogen) atoms. The summed E-state index contributed by atoms with van der Waals surface area (Å²) in [5.74, 6) is 1.26. The van der Waals surface area contributed by atoms with Crippen LogP contribution in [0.5, 0.6) is 0 Å². The highest BCUT2D eigenvalue weighted by Gasteiger charge is 2.19. The Bertz CT molecular complexity index is 445. The Kier molecular flexibility index (Phi) is 7.46. The summed E-state index contributed by atoms with van der Waals surface area (Å²) in [5, 5.41) is 3.56. The van der Waals surface area contributed by atoms with Crippen LogP contribution in [-0.4, -0.2) is 22.5 Å². The number of aryl methyl sites for hydroxylation is 2. The van der Waals surface area contributed by atoms with Crippen LogP contribution < -0.4 is 5.32 Å². The van der Waals surface area contributed by atoms with Crippen LogP contribution in [0.4, 0.5) is 0 Å².